The van der Waals surface area contributed by atoms with E-state index < -0.39 is 16.1 Å². The highest BCUT2D eigenvalue weighted by Crippen LogP contribution is 2.25. The highest BCUT2D eigenvalue weighted by Gasteiger charge is 2.27. The number of sulfonamides is 1. The van der Waals surface area contributed by atoms with Crippen molar-refractivity contribution in [2.45, 2.75) is 58.7 Å². The van der Waals surface area contributed by atoms with Crippen LogP contribution in [-0.4, -0.2) is 57.1 Å². The van der Waals surface area contributed by atoms with Gasteiger partial charge in [-0.05, 0) is 68.7 Å². The zero-order chi connectivity index (χ0) is 27.8. The van der Waals surface area contributed by atoms with Crippen LogP contribution in [0.3, 0.4) is 0 Å². The van der Waals surface area contributed by atoms with E-state index in [1.807, 2.05) is 13.8 Å². The third-order valence-electron chi connectivity index (χ3n) is 6.02. The van der Waals surface area contributed by atoms with Gasteiger partial charge in [0.2, 0.25) is 21.8 Å². The lowest BCUT2D eigenvalue weighted by Crippen LogP contribution is -2.49. The molecule has 0 radical (unpaired) electrons. The van der Waals surface area contributed by atoms with Crippen LogP contribution < -0.4 is 14.4 Å². The molecule has 2 unspecified atom stereocenters. The molecule has 0 aliphatic rings. The molecule has 11 heteroatoms. The molecular formula is C26H35Cl2N3O5S. The fraction of sp³-hybridized carbons (Fsp3) is 0.462. The number of ether oxygens (including phenoxy) is 1. The summed E-state index contributed by atoms with van der Waals surface area (Å²) in [6, 6.07) is 10.9. The van der Waals surface area contributed by atoms with Crippen LogP contribution in [0.5, 0.6) is 5.75 Å². The van der Waals surface area contributed by atoms with Gasteiger partial charge in [-0.3, -0.25) is 13.9 Å². The summed E-state index contributed by atoms with van der Waals surface area (Å²) in [5.74, 6) is 0.0646. The Morgan fingerprint density at radius 1 is 1.05 bits per heavy atom. The minimum Gasteiger partial charge on any atom is -0.497 e. The molecule has 204 valence electrons. The first-order valence-corrected chi connectivity index (χ1v) is 14.6. The SMILES string of the molecule is CCC(C)NC(=O)C(C)N(Cc1ccc(Cl)c(Cl)c1)C(=O)CCCN(c1ccc(OC)cc1)S(C)(=O)=O. The molecule has 0 heterocycles. The number of nitrogens with zero attached hydrogens (tertiary/aromatic N) is 2. The lowest BCUT2D eigenvalue weighted by molar-refractivity contribution is -0.140. The fourth-order valence-electron chi connectivity index (χ4n) is 3.64. The molecule has 2 rings (SSSR count). The zero-order valence-corrected chi connectivity index (χ0v) is 24.2. The third kappa shape index (κ3) is 9.09. The van der Waals surface area contributed by atoms with Crippen molar-refractivity contribution in [1.29, 1.82) is 0 Å². The van der Waals surface area contributed by atoms with Gasteiger partial charge < -0.3 is 15.0 Å². The Morgan fingerprint density at radius 2 is 1.70 bits per heavy atom. The number of amides is 2. The lowest BCUT2D eigenvalue weighted by atomic mass is 10.1. The van der Waals surface area contributed by atoms with Crippen molar-refractivity contribution in [3.05, 3.63) is 58.1 Å². The Hall–Kier alpha value is -2.49. The summed E-state index contributed by atoms with van der Waals surface area (Å²) in [5, 5.41) is 3.67. The standard InChI is InChI=1S/C26H35Cl2N3O5S/c1-6-18(2)29-26(33)19(3)30(17-20-9-14-23(27)24(28)16-20)25(32)8-7-15-31(37(5,34)35)21-10-12-22(36-4)13-11-21/h9-14,16,18-19H,6-8,15,17H2,1-5H3,(H,29,33). The molecule has 0 saturated carbocycles. The summed E-state index contributed by atoms with van der Waals surface area (Å²) >= 11 is 12.2. The van der Waals surface area contributed by atoms with Crippen molar-refractivity contribution in [2.75, 3.05) is 24.2 Å². The monoisotopic (exact) mass is 571 g/mol. The van der Waals surface area contributed by atoms with E-state index in [9.17, 15) is 18.0 Å². The average Bonchev–Trinajstić information content (AvgIpc) is 2.85. The van der Waals surface area contributed by atoms with Gasteiger partial charge >= 0.3 is 0 Å². The molecule has 0 spiro atoms. The number of carbonyl (C=O) groups is 2. The number of nitrogens with one attached hydrogen (secondary N) is 1. The first-order chi connectivity index (χ1) is 17.4. The molecule has 37 heavy (non-hydrogen) atoms. The van der Waals surface area contributed by atoms with Gasteiger partial charge in [0, 0.05) is 25.6 Å². The molecule has 2 atom stereocenters. The molecule has 0 bridgehead atoms. The van der Waals surface area contributed by atoms with Crippen LogP contribution in [-0.2, 0) is 26.2 Å². The number of rotatable bonds is 13. The summed E-state index contributed by atoms with van der Waals surface area (Å²) in [4.78, 5) is 27.7. The Labute approximate surface area is 229 Å². The number of methoxy groups -OCH3 is 1. The summed E-state index contributed by atoms with van der Waals surface area (Å²) in [7, 11) is -2.05. The highest BCUT2D eigenvalue weighted by atomic mass is 35.5. The predicted octanol–water partition coefficient (Wildman–Crippen LogP) is 4.88. The predicted molar refractivity (Wildman–Crippen MR) is 149 cm³/mol. The molecule has 1 N–H and O–H groups in total. The van der Waals surface area contributed by atoms with E-state index in [1.165, 1.54) is 16.3 Å². The van der Waals surface area contributed by atoms with Crippen molar-refractivity contribution in [3.63, 3.8) is 0 Å². The Balaban J connectivity index is 2.19. The molecule has 0 fully saturated rings. The van der Waals surface area contributed by atoms with Gasteiger partial charge in [-0.25, -0.2) is 8.42 Å². The van der Waals surface area contributed by atoms with Gasteiger partial charge in [0.15, 0.2) is 0 Å². The smallest absolute Gasteiger partial charge is 0.242 e. The van der Waals surface area contributed by atoms with E-state index in [1.54, 1.807) is 49.4 Å². The minimum absolute atomic E-state index is 0.0373. The molecule has 2 amide bonds. The van der Waals surface area contributed by atoms with Gasteiger partial charge in [0.1, 0.15) is 11.8 Å². The Morgan fingerprint density at radius 3 is 2.24 bits per heavy atom. The van der Waals surface area contributed by atoms with Crippen LogP contribution in [0.1, 0.15) is 45.6 Å². The summed E-state index contributed by atoms with van der Waals surface area (Å²) in [6.45, 7) is 5.79. The molecular weight excluding hydrogens is 537 g/mol. The molecule has 2 aromatic rings. The second-order valence-electron chi connectivity index (χ2n) is 8.90. The highest BCUT2D eigenvalue weighted by molar-refractivity contribution is 7.92. The molecule has 0 aliphatic heterocycles. The number of halogens is 2. The van der Waals surface area contributed by atoms with E-state index in [0.717, 1.165) is 18.2 Å². The molecule has 0 aromatic heterocycles. The zero-order valence-electron chi connectivity index (χ0n) is 21.8. The number of hydrogen-bond donors (Lipinski definition) is 1. The maximum atomic E-state index is 13.4. The van der Waals surface area contributed by atoms with Crippen molar-refractivity contribution < 1.29 is 22.7 Å². The van der Waals surface area contributed by atoms with Crippen LogP contribution >= 0.6 is 23.2 Å². The van der Waals surface area contributed by atoms with Crippen LogP contribution in [0.4, 0.5) is 5.69 Å². The van der Waals surface area contributed by atoms with Gasteiger partial charge in [-0.2, -0.15) is 0 Å². The van der Waals surface area contributed by atoms with Crippen molar-refractivity contribution >= 4 is 50.7 Å². The van der Waals surface area contributed by atoms with Gasteiger partial charge in [0.05, 0.1) is 29.1 Å². The van der Waals surface area contributed by atoms with Crippen LogP contribution in [0.2, 0.25) is 10.0 Å². The summed E-state index contributed by atoms with van der Waals surface area (Å²) in [6.07, 6.45) is 2.18. The van der Waals surface area contributed by atoms with E-state index in [4.69, 9.17) is 27.9 Å². The molecule has 8 nitrogen and oxygen atoms in total. The number of hydrogen-bond acceptors (Lipinski definition) is 5. The average molecular weight is 573 g/mol. The van der Waals surface area contributed by atoms with Crippen LogP contribution in [0.25, 0.3) is 0 Å². The van der Waals surface area contributed by atoms with E-state index in [2.05, 4.69) is 5.32 Å². The first-order valence-electron chi connectivity index (χ1n) is 12.0. The van der Waals surface area contributed by atoms with Crippen molar-refractivity contribution in [1.82, 2.24) is 10.2 Å². The van der Waals surface area contributed by atoms with Crippen LogP contribution in [0.15, 0.2) is 42.5 Å². The largest absolute Gasteiger partial charge is 0.497 e. The molecule has 0 saturated heterocycles. The number of benzene rings is 2. The quantitative estimate of drug-likeness (QED) is 0.369. The van der Waals surface area contributed by atoms with Crippen molar-refractivity contribution in [3.8, 4) is 5.75 Å². The topological polar surface area (TPSA) is 96.0 Å². The second-order valence-corrected chi connectivity index (χ2v) is 11.6. The third-order valence-corrected chi connectivity index (χ3v) is 7.95. The molecule has 2 aromatic carbocycles. The maximum absolute atomic E-state index is 13.4. The second kappa shape index (κ2) is 13.9. The van der Waals surface area contributed by atoms with Crippen LogP contribution in [0, 0.1) is 0 Å². The molecule has 0 aliphatic carbocycles. The van der Waals surface area contributed by atoms with Crippen molar-refractivity contribution in [2.24, 2.45) is 0 Å². The van der Waals surface area contributed by atoms with Gasteiger partial charge in [-0.15, -0.1) is 0 Å². The first kappa shape index (κ1) is 30.7. The minimum atomic E-state index is -3.58. The summed E-state index contributed by atoms with van der Waals surface area (Å²) in [5.41, 5.74) is 1.20. The Bertz CT molecular complexity index is 1180. The van der Waals surface area contributed by atoms with E-state index >= 15 is 0 Å². The van der Waals surface area contributed by atoms with Gasteiger partial charge in [-0.1, -0.05) is 36.2 Å². The maximum Gasteiger partial charge on any atom is 0.242 e. The lowest BCUT2D eigenvalue weighted by Gasteiger charge is -2.30. The van der Waals surface area contributed by atoms with E-state index in [0.29, 0.717) is 21.5 Å². The number of anilines is 1. The van der Waals surface area contributed by atoms with E-state index in [-0.39, 0.29) is 43.8 Å². The normalized spacial score (nSPS) is 12.9. The Kier molecular flexibility index (Phi) is 11.5. The summed E-state index contributed by atoms with van der Waals surface area (Å²) < 4.78 is 31.3. The van der Waals surface area contributed by atoms with Gasteiger partial charge in [0.25, 0.3) is 0 Å². The fourth-order valence-corrected chi connectivity index (χ4v) is 4.92. The number of carbonyl (C=O) groups excluding carboxylic acids is 2.